The fraction of sp³-hybridized carbons (Fsp3) is 0.200. The van der Waals surface area contributed by atoms with Crippen LogP contribution in [0.3, 0.4) is 0 Å². The highest BCUT2D eigenvalue weighted by molar-refractivity contribution is 6.30. The van der Waals surface area contributed by atoms with E-state index in [1.165, 1.54) is 6.92 Å². The van der Waals surface area contributed by atoms with E-state index < -0.39 is 6.04 Å². The number of furan rings is 1. The van der Waals surface area contributed by atoms with Crippen LogP contribution in [-0.2, 0) is 9.59 Å². The molecule has 31 heavy (non-hydrogen) atoms. The van der Waals surface area contributed by atoms with Crippen molar-refractivity contribution in [2.75, 3.05) is 10.2 Å². The Morgan fingerprint density at radius 3 is 2.55 bits per heavy atom. The normalized spacial score (nSPS) is 20.6. The zero-order valence-corrected chi connectivity index (χ0v) is 17.7. The van der Waals surface area contributed by atoms with Gasteiger partial charge in [-0.05, 0) is 48.4 Å². The molecule has 2 unspecified atom stereocenters. The van der Waals surface area contributed by atoms with E-state index in [0.717, 1.165) is 28.4 Å². The first-order chi connectivity index (χ1) is 15.0. The monoisotopic (exact) mass is 432 g/mol. The Kier molecular flexibility index (Phi) is 4.91. The van der Waals surface area contributed by atoms with Gasteiger partial charge in [-0.2, -0.15) is 0 Å². The number of Topliss-reactive ketones (excluding diaryl/α,β-unsaturated/α-hetero) is 1. The summed E-state index contributed by atoms with van der Waals surface area (Å²) in [6.07, 6.45) is 2.59. The van der Waals surface area contributed by atoms with Crippen LogP contribution >= 0.6 is 11.6 Å². The number of hydrogen-bond donors (Lipinski definition) is 1. The van der Waals surface area contributed by atoms with Crippen LogP contribution in [0.2, 0.25) is 5.02 Å². The topological polar surface area (TPSA) is 62.6 Å². The zero-order valence-electron chi connectivity index (χ0n) is 17.0. The molecule has 0 saturated heterocycles. The summed E-state index contributed by atoms with van der Waals surface area (Å²) in [5, 5.41) is 4.08. The highest BCUT2D eigenvalue weighted by Crippen LogP contribution is 2.47. The predicted molar refractivity (Wildman–Crippen MR) is 120 cm³/mol. The van der Waals surface area contributed by atoms with Gasteiger partial charge in [-0.15, -0.1) is 0 Å². The Bertz CT molecular complexity index is 1180. The second kappa shape index (κ2) is 7.75. The van der Waals surface area contributed by atoms with Gasteiger partial charge >= 0.3 is 0 Å². The Labute approximate surface area is 185 Å². The Hall–Kier alpha value is -3.31. The number of hydrogen-bond acceptors (Lipinski definition) is 4. The molecule has 2 heterocycles. The van der Waals surface area contributed by atoms with Crippen LogP contribution in [0, 0.1) is 0 Å². The van der Waals surface area contributed by atoms with E-state index in [9.17, 15) is 9.59 Å². The Morgan fingerprint density at radius 1 is 1.06 bits per heavy atom. The predicted octanol–water partition coefficient (Wildman–Crippen LogP) is 5.85. The van der Waals surface area contributed by atoms with Gasteiger partial charge in [0.25, 0.3) is 0 Å². The molecule has 5 nitrogen and oxygen atoms in total. The number of rotatable bonds is 2. The zero-order chi connectivity index (χ0) is 21.5. The molecule has 5 rings (SSSR count). The van der Waals surface area contributed by atoms with Crippen molar-refractivity contribution in [3.05, 3.63) is 94.5 Å². The molecule has 1 N–H and O–H groups in total. The molecular weight excluding hydrogens is 412 g/mol. The summed E-state index contributed by atoms with van der Waals surface area (Å²) in [4.78, 5) is 28.2. The van der Waals surface area contributed by atoms with Crippen LogP contribution in [0.15, 0.2) is 82.6 Å². The maximum Gasteiger partial charge on any atom is 0.224 e. The summed E-state index contributed by atoms with van der Waals surface area (Å²) >= 11 is 6.12. The summed E-state index contributed by atoms with van der Waals surface area (Å²) in [5.74, 6) is 0.624. The Balaban J connectivity index is 1.72. The summed E-state index contributed by atoms with van der Waals surface area (Å²) < 4.78 is 5.60. The minimum absolute atomic E-state index is 0.00848. The lowest BCUT2D eigenvalue weighted by molar-refractivity contribution is -0.117. The van der Waals surface area contributed by atoms with Crippen molar-refractivity contribution < 1.29 is 14.0 Å². The summed E-state index contributed by atoms with van der Waals surface area (Å²) in [6.45, 7) is 1.53. The number of nitrogens with one attached hydrogen (secondary N) is 1. The minimum atomic E-state index is -0.536. The van der Waals surface area contributed by atoms with Crippen LogP contribution in [-0.4, -0.2) is 11.7 Å². The molecule has 2 atom stereocenters. The lowest BCUT2D eigenvalue weighted by atomic mass is 9.80. The fourth-order valence-corrected chi connectivity index (χ4v) is 4.75. The number of anilines is 2. The molecule has 1 amide bonds. The van der Waals surface area contributed by atoms with Crippen molar-refractivity contribution >= 4 is 34.7 Å². The van der Waals surface area contributed by atoms with Gasteiger partial charge in [0.15, 0.2) is 5.78 Å². The SMILES string of the molecule is CC(=O)N1c2ccccc2NC2=C(C(=O)CC(c3ccco3)C2)C1c1ccc(Cl)cc1. The molecule has 3 aromatic rings. The minimum Gasteiger partial charge on any atom is -0.469 e. The third kappa shape index (κ3) is 3.45. The fourth-order valence-electron chi connectivity index (χ4n) is 4.62. The number of fused-ring (bicyclic) bond motifs is 1. The molecule has 2 aliphatic rings. The van der Waals surface area contributed by atoms with E-state index in [4.69, 9.17) is 16.0 Å². The van der Waals surface area contributed by atoms with E-state index in [0.29, 0.717) is 23.4 Å². The molecule has 0 saturated carbocycles. The third-order valence-electron chi connectivity index (χ3n) is 5.96. The largest absolute Gasteiger partial charge is 0.469 e. The lowest BCUT2D eigenvalue weighted by Gasteiger charge is -2.34. The van der Waals surface area contributed by atoms with E-state index in [1.54, 1.807) is 23.3 Å². The third-order valence-corrected chi connectivity index (χ3v) is 6.21. The first kappa shape index (κ1) is 19.6. The molecular formula is C25H21ClN2O3. The molecule has 0 spiro atoms. The number of amides is 1. The average Bonchev–Trinajstić information content (AvgIpc) is 3.24. The second-order valence-corrected chi connectivity index (χ2v) is 8.36. The molecule has 0 bridgehead atoms. The molecule has 6 heteroatoms. The molecule has 2 aromatic carbocycles. The molecule has 0 radical (unpaired) electrons. The van der Waals surface area contributed by atoms with E-state index in [1.807, 2.05) is 48.5 Å². The highest BCUT2D eigenvalue weighted by Gasteiger charge is 2.41. The van der Waals surface area contributed by atoms with Gasteiger partial charge in [-0.1, -0.05) is 35.9 Å². The molecule has 1 aromatic heterocycles. The summed E-state index contributed by atoms with van der Waals surface area (Å²) in [6, 6.07) is 18.2. The molecule has 1 aliphatic carbocycles. The average molecular weight is 433 g/mol. The van der Waals surface area contributed by atoms with Crippen molar-refractivity contribution in [1.29, 1.82) is 0 Å². The number of benzene rings is 2. The Morgan fingerprint density at radius 2 is 1.84 bits per heavy atom. The number of allylic oxidation sites excluding steroid dienone is 1. The van der Waals surface area contributed by atoms with Crippen molar-refractivity contribution in [1.82, 2.24) is 0 Å². The van der Waals surface area contributed by atoms with E-state index in [-0.39, 0.29) is 17.6 Å². The van der Waals surface area contributed by atoms with Gasteiger partial charge in [-0.25, -0.2) is 0 Å². The summed E-state index contributed by atoms with van der Waals surface area (Å²) in [7, 11) is 0. The smallest absolute Gasteiger partial charge is 0.224 e. The number of nitrogens with zero attached hydrogens (tertiary/aromatic N) is 1. The molecule has 0 fully saturated rings. The number of carbonyl (C=O) groups is 2. The first-order valence-corrected chi connectivity index (χ1v) is 10.6. The number of halogens is 1. The summed E-state index contributed by atoms with van der Waals surface area (Å²) in [5.41, 5.74) is 3.84. The van der Waals surface area contributed by atoms with Crippen LogP contribution in [0.25, 0.3) is 0 Å². The molecule has 1 aliphatic heterocycles. The van der Waals surface area contributed by atoms with Gasteiger partial charge < -0.3 is 9.73 Å². The van der Waals surface area contributed by atoms with Crippen molar-refractivity contribution in [2.24, 2.45) is 0 Å². The van der Waals surface area contributed by atoms with Crippen molar-refractivity contribution in [3.8, 4) is 0 Å². The van der Waals surface area contributed by atoms with Crippen molar-refractivity contribution in [2.45, 2.75) is 31.7 Å². The van der Waals surface area contributed by atoms with Crippen LogP contribution in [0.1, 0.15) is 43.0 Å². The first-order valence-electron chi connectivity index (χ1n) is 10.2. The maximum absolute atomic E-state index is 13.6. The van der Waals surface area contributed by atoms with Gasteiger partial charge in [0.1, 0.15) is 5.76 Å². The van der Waals surface area contributed by atoms with Crippen LogP contribution in [0.4, 0.5) is 11.4 Å². The number of carbonyl (C=O) groups excluding carboxylic acids is 2. The van der Waals surface area contributed by atoms with E-state index >= 15 is 0 Å². The van der Waals surface area contributed by atoms with Crippen LogP contribution in [0.5, 0.6) is 0 Å². The highest BCUT2D eigenvalue weighted by atomic mass is 35.5. The quantitative estimate of drug-likeness (QED) is 0.551. The number of ketones is 1. The molecule has 156 valence electrons. The van der Waals surface area contributed by atoms with Crippen LogP contribution < -0.4 is 10.2 Å². The maximum atomic E-state index is 13.6. The standard InChI is InChI=1S/C25H21ClN2O3/c1-15(29)28-21-6-3-2-5-19(21)27-20-13-17(23-7-4-12-31-23)14-22(30)24(20)25(28)16-8-10-18(26)11-9-16/h2-12,17,25,27H,13-14H2,1H3. The second-order valence-electron chi connectivity index (χ2n) is 7.92. The van der Waals surface area contributed by atoms with Gasteiger partial charge in [0.05, 0.1) is 23.7 Å². The number of para-hydroxylation sites is 2. The van der Waals surface area contributed by atoms with Crippen molar-refractivity contribution in [3.63, 3.8) is 0 Å². The van der Waals surface area contributed by atoms with Gasteiger partial charge in [0.2, 0.25) is 5.91 Å². The van der Waals surface area contributed by atoms with Gasteiger partial charge in [0, 0.05) is 35.6 Å². The lowest BCUT2D eigenvalue weighted by Crippen LogP contribution is -2.37. The van der Waals surface area contributed by atoms with Gasteiger partial charge in [-0.3, -0.25) is 14.5 Å². The van der Waals surface area contributed by atoms with E-state index in [2.05, 4.69) is 5.32 Å².